The van der Waals surface area contributed by atoms with Crippen LogP contribution in [0.2, 0.25) is 0 Å². The summed E-state index contributed by atoms with van der Waals surface area (Å²) >= 11 is 0. The van der Waals surface area contributed by atoms with Crippen LogP contribution in [0.4, 0.5) is 0 Å². The van der Waals surface area contributed by atoms with Gasteiger partial charge < -0.3 is 15.3 Å². The third-order valence-corrected chi connectivity index (χ3v) is 9.38. The Hall–Kier alpha value is -1.88. The molecule has 0 radical (unpaired) electrons. The smallest absolute Gasteiger partial charge is 0.239 e. The maximum absolute atomic E-state index is 13.8. The first-order valence-electron chi connectivity index (χ1n) is 15.1. The van der Waals surface area contributed by atoms with Crippen LogP contribution in [0.3, 0.4) is 0 Å². The topological polar surface area (TPSA) is 69.6 Å². The zero-order valence-electron chi connectivity index (χ0n) is 23.9. The summed E-state index contributed by atoms with van der Waals surface area (Å²) in [5.74, 6) is 0.568. The summed E-state index contributed by atoms with van der Waals surface area (Å²) in [4.78, 5) is 28.3. The van der Waals surface area contributed by atoms with Crippen LogP contribution in [0.25, 0.3) is 0 Å². The maximum Gasteiger partial charge on any atom is 0.239 e. The van der Waals surface area contributed by atoms with E-state index in [2.05, 4.69) is 49.5 Å². The van der Waals surface area contributed by atoms with Crippen LogP contribution in [0.5, 0.6) is 0 Å². The van der Waals surface area contributed by atoms with Gasteiger partial charge in [0.25, 0.3) is 0 Å². The van der Waals surface area contributed by atoms with Crippen LogP contribution in [-0.4, -0.2) is 47.1 Å². The Morgan fingerprint density at radius 1 is 1.11 bits per heavy atom. The van der Waals surface area contributed by atoms with Crippen LogP contribution in [0, 0.1) is 17.8 Å². The van der Waals surface area contributed by atoms with Crippen LogP contribution >= 0.6 is 0 Å². The van der Waals surface area contributed by atoms with Gasteiger partial charge in [-0.05, 0) is 87.0 Å². The highest BCUT2D eigenvalue weighted by molar-refractivity contribution is 5.86. The number of amides is 2. The first-order chi connectivity index (χ1) is 17.7. The van der Waals surface area contributed by atoms with Crippen molar-refractivity contribution < 1.29 is 14.7 Å². The Balaban J connectivity index is 1.91. The van der Waals surface area contributed by atoms with Gasteiger partial charge in [-0.1, -0.05) is 70.9 Å². The fourth-order valence-corrected chi connectivity index (χ4v) is 6.71. The summed E-state index contributed by atoms with van der Waals surface area (Å²) in [7, 11) is 0. The van der Waals surface area contributed by atoms with Crippen molar-refractivity contribution in [1.29, 1.82) is 0 Å². The molecule has 1 saturated heterocycles. The molecule has 208 valence electrons. The minimum Gasteiger partial charge on any atom is -0.390 e. The minimum atomic E-state index is -0.615. The molecular formula is C32H52N2O3. The van der Waals surface area contributed by atoms with E-state index in [1.54, 1.807) is 0 Å². The molecule has 2 aliphatic rings. The molecule has 1 aliphatic heterocycles. The number of nitrogens with one attached hydrogen (secondary N) is 1. The van der Waals surface area contributed by atoms with Gasteiger partial charge in [0, 0.05) is 19.0 Å². The molecule has 1 heterocycles. The molecule has 1 aromatic carbocycles. The van der Waals surface area contributed by atoms with Crippen molar-refractivity contribution in [1.82, 2.24) is 10.2 Å². The van der Waals surface area contributed by atoms with E-state index in [4.69, 9.17) is 0 Å². The molecule has 1 saturated carbocycles. The lowest BCUT2D eigenvalue weighted by molar-refractivity contribution is -0.142. The molecule has 0 spiro atoms. The molecule has 4 atom stereocenters. The van der Waals surface area contributed by atoms with Gasteiger partial charge in [-0.25, -0.2) is 0 Å². The van der Waals surface area contributed by atoms with E-state index < -0.39 is 5.60 Å². The predicted molar refractivity (Wildman–Crippen MR) is 151 cm³/mol. The van der Waals surface area contributed by atoms with Crippen LogP contribution in [0.1, 0.15) is 110 Å². The third kappa shape index (κ3) is 8.05. The van der Waals surface area contributed by atoms with E-state index in [9.17, 15) is 14.7 Å². The van der Waals surface area contributed by atoms with Gasteiger partial charge in [0.1, 0.15) is 0 Å². The minimum absolute atomic E-state index is 0.0691. The Morgan fingerprint density at radius 3 is 2.43 bits per heavy atom. The molecule has 37 heavy (non-hydrogen) atoms. The summed E-state index contributed by atoms with van der Waals surface area (Å²) in [6.07, 6.45) is 11.6. The summed E-state index contributed by atoms with van der Waals surface area (Å²) in [5.41, 5.74) is 0.868. The second-order valence-corrected chi connectivity index (χ2v) is 12.3. The van der Waals surface area contributed by atoms with E-state index >= 15 is 0 Å². The monoisotopic (exact) mass is 512 g/mol. The van der Waals surface area contributed by atoms with Gasteiger partial charge in [0.05, 0.1) is 12.1 Å². The second kappa shape index (κ2) is 13.8. The first-order valence-corrected chi connectivity index (χ1v) is 15.1. The average molecular weight is 513 g/mol. The van der Waals surface area contributed by atoms with Gasteiger partial charge in [-0.2, -0.15) is 0 Å². The normalized spacial score (nSPS) is 27.6. The Labute approximate surface area is 225 Å². The van der Waals surface area contributed by atoms with Gasteiger partial charge in [0.15, 0.2) is 0 Å². The van der Waals surface area contributed by atoms with Crippen LogP contribution in [-0.2, 0) is 15.0 Å². The van der Waals surface area contributed by atoms with E-state index in [-0.39, 0.29) is 35.6 Å². The van der Waals surface area contributed by atoms with Crippen LogP contribution < -0.4 is 5.32 Å². The third-order valence-electron chi connectivity index (χ3n) is 9.38. The molecule has 2 N–H and O–H groups in total. The molecule has 1 aliphatic carbocycles. The number of rotatable bonds is 10. The highest BCUT2D eigenvalue weighted by Crippen LogP contribution is 2.45. The van der Waals surface area contributed by atoms with Crippen LogP contribution in [0.15, 0.2) is 30.3 Å². The predicted octanol–water partition coefficient (Wildman–Crippen LogP) is 6.24. The lowest BCUT2D eigenvalue weighted by Gasteiger charge is -2.41. The Kier molecular flexibility index (Phi) is 11.0. The maximum atomic E-state index is 13.8. The zero-order chi connectivity index (χ0) is 26.9. The zero-order valence-corrected chi connectivity index (χ0v) is 23.9. The molecule has 2 fully saturated rings. The molecule has 5 heteroatoms. The van der Waals surface area contributed by atoms with Gasteiger partial charge in [-0.3, -0.25) is 9.59 Å². The molecule has 1 aromatic rings. The number of carbonyl (C=O) groups excluding carboxylic acids is 2. The number of nitrogens with zero attached hydrogens (tertiary/aromatic N) is 1. The largest absolute Gasteiger partial charge is 0.390 e. The van der Waals surface area contributed by atoms with Crippen molar-refractivity contribution in [3.8, 4) is 0 Å². The van der Waals surface area contributed by atoms with Crippen molar-refractivity contribution in [3.05, 3.63) is 35.9 Å². The Bertz CT molecular complexity index is 853. The number of carbonyl (C=O) groups is 2. The van der Waals surface area contributed by atoms with E-state index in [0.29, 0.717) is 25.4 Å². The lowest BCUT2D eigenvalue weighted by atomic mass is 9.66. The van der Waals surface area contributed by atoms with Crippen molar-refractivity contribution in [2.75, 3.05) is 19.6 Å². The highest BCUT2D eigenvalue weighted by Gasteiger charge is 2.41. The summed E-state index contributed by atoms with van der Waals surface area (Å²) in [6.45, 7) is 10.1. The fraction of sp³-hybridized carbons (Fsp3) is 0.750. The molecule has 3 rings (SSSR count). The summed E-state index contributed by atoms with van der Waals surface area (Å²) in [5, 5.41) is 14.0. The Morgan fingerprint density at radius 2 is 1.81 bits per heavy atom. The van der Waals surface area contributed by atoms with Gasteiger partial charge in [0.2, 0.25) is 11.8 Å². The van der Waals surface area contributed by atoms with Crippen molar-refractivity contribution in [2.45, 2.75) is 116 Å². The molecule has 5 nitrogen and oxygen atoms in total. The van der Waals surface area contributed by atoms with E-state index in [0.717, 1.165) is 70.6 Å². The molecule has 2 amide bonds. The molecule has 0 bridgehead atoms. The lowest BCUT2D eigenvalue weighted by Crippen LogP contribution is -2.46. The highest BCUT2D eigenvalue weighted by atomic mass is 16.3. The number of aliphatic hydroxyl groups is 1. The summed E-state index contributed by atoms with van der Waals surface area (Å²) < 4.78 is 0. The first kappa shape index (κ1) is 29.7. The van der Waals surface area contributed by atoms with E-state index in [1.807, 2.05) is 18.7 Å². The summed E-state index contributed by atoms with van der Waals surface area (Å²) in [6, 6.07) is 11.0. The standard InChI is InChI=1S/C32H52N2O3/c1-5-20-33-29(35)24-34-21-12-17-31(22-25(3)6-2,28-14-8-7-9-15-28)16-10-13-27(26(4)30(34)36)23-32(37)18-11-19-32/h7-9,14-15,25-27,37H,5-6,10-13,16-24H2,1-4H3,(H,33,35)/t25?,26?,27?,31-/m0/s1. The van der Waals surface area contributed by atoms with Gasteiger partial charge in [-0.15, -0.1) is 0 Å². The second-order valence-electron chi connectivity index (χ2n) is 12.3. The van der Waals surface area contributed by atoms with Crippen molar-refractivity contribution in [2.24, 2.45) is 17.8 Å². The average Bonchev–Trinajstić information content (AvgIpc) is 2.90. The SMILES string of the molecule is CCCNC(=O)CN1CCC[C@@](CC(C)CC)(c2ccccc2)CCCC(CC2(O)CCC2)C(C)C1=O. The quantitative estimate of drug-likeness (QED) is 0.390. The molecule has 3 unspecified atom stereocenters. The van der Waals surface area contributed by atoms with Gasteiger partial charge >= 0.3 is 0 Å². The fourth-order valence-electron chi connectivity index (χ4n) is 6.71. The number of hydrogen-bond acceptors (Lipinski definition) is 3. The molecular weight excluding hydrogens is 460 g/mol. The van der Waals surface area contributed by atoms with Crippen molar-refractivity contribution >= 4 is 11.8 Å². The van der Waals surface area contributed by atoms with Crippen molar-refractivity contribution in [3.63, 3.8) is 0 Å². The van der Waals surface area contributed by atoms with E-state index in [1.165, 1.54) is 5.56 Å². The molecule has 0 aromatic heterocycles. The number of benzene rings is 1. The number of hydrogen-bond donors (Lipinski definition) is 2.